The highest BCUT2D eigenvalue weighted by molar-refractivity contribution is 7.08. The molecule has 0 aliphatic heterocycles. The number of pyridine rings is 1. The van der Waals surface area contributed by atoms with Crippen molar-refractivity contribution in [1.82, 2.24) is 10.3 Å². The second-order valence-corrected chi connectivity index (χ2v) is 4.72. The van der Waals surface area contributed by atoms with Gasteiger partial charge in [-0.15, -0.1) is 0 Å². The van der Waals surface area contributed by atoms with E-state index in [0.717, 1.165) is 11.1 Å². The molecule has 0 aliphatic rings. The molecule has 0 fully saturated rings. The average Bonchev–Trinajstić information content (AvgIpc) is 2.81. The van der Waals surface area contributed by atoms with Gasteiger partial charge >= 0.3 is 5.97 Å². The summed E-state index contributed by atoms with van der Waals surface area (Å²) >= 11 is 1.58. The van der Waals surface area contributed by atoms with E-state index < -0.39 is 5.97 Å². The van der Waals surface area contributed by atoms with E-state index in [1.54, 1.807) is 11.3 Å². The maximum atomic E-state index is 11.9. The Morgan fingerprint density at radius 1 is 1.32 bits per heavy atom. The van der Waals surface area contributed by atoms with Gasteiger partial charge in [0.2, 0.25) is 0 Å². The highest BCUT2D eigenvalue weighted by atomic mass is 32.1. The zero-order valence-corrected chi connectivity index (χ0v) is 11.0. The van der Waals surface area contributed by atoms with Gasteiger partial charge in [0.25, 0.3) is 5.91 Å². The number of aromatic nitrogens is 1. The zero-order chi connectivity index (χ0) is 13.8. The Morgan fingerprint density at radius 2 is 2.05 bits per heavy atom. The fourth-order valence-electron chi connectivity index (χ4n) is 1.51. The van der Waals surface area contributed by atoms with E-state index in [-0.39, 0.29) is 17.3 Å². The van der Waals surface area contributed by atoms with Gasteiger partial charge in [-0.3, -0.25) is 4.79 Å². The quantitative estimate of drug-likeness (QED) is 0.896. The summed E-state index contributed by atoms with van der Waals surface area (Å²) in [5.74, 6) is -1.53. The topological polar surface area (TPSA) is 79.3 Å². The van der Waals surface area contributed by atoms with E-state index in [0.29, 0.717) is 6.54 Å². The molecule has 19 heavy (non-hydrogen) atoms. The fourth-order valence-corrected chi connectivity index (χ4v) is 2.37. The minimum atomic E-state index is -1.15. The lowest BCUT2D eigenvalue weighted by atomic mass is 10.2. The van der Waals surface area contributed by atoms with Gasteiger partial charge in [0.15, 0.2) is 0 Å². The van der Waals surface area contributed by atoms with Crippen LogP contribution in [0.3, 0.4) is 0 Å². The summed E-state index contributed by atoms with van der Waals surface area (Å²) in [7, 11) is 0. The lowest BCUT2D eigenvalue weighted by Gasteiger charge is -2.05. The van der Waals surface area contributed by atoms with Crippen molar-refractivity contribution in [2.75, 3.05) is 0 Å². The molecule has 0 saturated carbocycles. The minimum absolute atomic E-state index is 0.104. The Balaban J connectivity index is 2.06. The first-order valence-electron chi connectivity index (χ1n) is 5.58. The number of carbonyl (C=O) groups excluding carboxylic acids is 1. The Hall–Kier alpha value is -2.21. The minimum Gasteiger partial charge on any atom is -0.477 e. The molecule has 1 amide bonds. The third kappa shape index (κ3) is 3.17. The lowest BCUT2D eigenvalue weighted by Crippen LogP contribution is -2.24. The molecule has 2 N–H and O–H groups in total. The normalized spacial score (nSPS) is 10.2. The Kier molecular flexibility index (Phi) is 3.91. The third-order valence-electron chi connectivity index (χ3n) is 2.60. The van der Waals surface area contributed by atoms with Gasteiger partial charge in [-0.1, -0.05) is 6.07 Å². The molecule has 6 heteroatoms. The SMILES string of the molecule is Cc1cscc1CNC(=O)c1cccc(C(=O)O)n1. The lowest BCUT2D eigenvalue weighted by molar-refractivity contribution is 0.0690. The van der Waals surface area contributed by atoms with Crippen molar-refractivity contribution in [2.45, 2.75) is 13.5 Å². The predicted molar refractivity (Wildman–Crippen MR) is 71.4 cm³/mol. The van der Waals surface area contributed by atoms with Crippen molar-refractivity contribution in [2.24, 2.45) is 0 Å². The summed E-state index contributed by atoms with van der Waals surface area (Å²) in [6, 6.07) is 4.34. The van der Waals surface area contributed by atoms with E-state index in [1.807, 2.05) is 17.7 Å². The molecule has 2 aromatic rings. The number of carbonyl (C=O) groups is 2. The molecule has 2 rings (SSSR count). The zero-order valence-electron chi connectivity index (χ0n) is 10.2. The van der Waals surface area contributed by atoms with Crippen molar-refractivity contribution in [1.29, 1.82) is 0 Å². The number of rotatable bonds is 4. The number of nitrogens with one attached hydrogen (secondary N) is 1. The molecule has 98 valence electrons. The van der Waals surface area contributed by atoms with Crippen LogP contribution in [0.5, 0.6) is 0 Å². The number of amides is 1. The van der Waals surface area contributed by atoms with Crippen molar-refractivity contribution in [3.8, 4) is 0 Å². The number of carboxylic acid groups (broad SMARTS) is 1. The van der Waals surface area contributed by atoms with Crippen LogP contribution in [0, 0.1) is 6.92 Å². The van der Waals surface area contributed by atoms with Crippen molar-refractivity contribution >= 4 is 23.2 Å². The van der Waals surface area contributed by atoms with Crippen LogP contribution >= 0.6 is 11.3 Å². The molecule has 2 heterocycles. The van der Waals surface area contributed by atoms with Crippen LogP contribution < -0.4 is 5.32 Å². The smallest absolute Gasteiger partial charge is 0.354 e. The van der Waals surface area contributed by atoms with Crippen LogP contribution in [0.4, 0.5) is 0 Å². The number of aromatic carboxylic acids is 1. The molecule has 0 saturated heterocycles. The monoisotopic (exact) mass is 276 g/mol. The maximum absolute atomic E-state index is 11.9. The second kappa shape index (κ2) is 5.62. The second-order valence-electron chi connectivity index (χ2n) is 3.98. The van der Waals surface area contributed by atoms with E-state index >= 15 is 0 Å². The molecule has 0 aromatic carbocycles. The van der Waals surface area contributed by atoms with Crippen LogP contribution in [0.1, 0.15) is 32.1 Å². The summed E-state index contributed by atoms with van der Waals surface area (Å²) in [5, 5.41) is 15.5. The van der Waals surface area contributed by atoms with Gasteiger partial charge in [-0.2, -0.15) is 11.3 Å². The number of carboxylic acids is 1. The van der Waals surface area contributed by atoms with Gasteiger partial charge in [0, 0.05) is 6.54 Å². The van der Waals surface area contributed by atoms with E-state index in [2.05, 4.69) is 10.3 Å². The molecular weight excluding hydrogens is 264 g/mol. The molecule has 0 atom stereocenters. The van der Waals surface area contributed by atoms with Crippen molar-refractivity contribution < 1.29 is 14.7 Å². The van der Waals surface area contributed by atoms with Gasteiger partial charge in [-0.25, -0.2) is 9.78 Å². The van der Waals surface area contributed by atoms with Crippen LogP contribution in [0.15, 0.2) is 29.0 Å². The highest BCUT2D eigenvalue weighted by Gasteiger charge is 2.11. The first-order chi connectivity index (χ1) is 9.08. The number of hydrogen-bond donors (Lipinski definition) is 2. The van der Waals surface area contributed by atoms with Crippen LogP contribution in [-0.2, 0) is 6.54 Å². The summed E-state index contributed by atoms with van der Waals surface area (Å²) in [6.07, 6.45) is 0. The summed E-state index contributed by atoms with van der Waals surface area (Å²) in [6.45, 7) is 2.38. The Morgan fingerprint density at radius 3 is 2.68 bits per heavy atom. The molecule has 0 bridgehead atoms. The Labute approximate surface area is 113 Å². The maximum Gasteiger partial charge on any atom is 0.354 e. The van der Waals surface area contributed by atoms with Crippen LogP contribution in [0.25, 0.3) is 0 Å². The standard InChI is InChI=1S/C13H12N2O3S/c1-8-6-19-7-9(8)5-14-12(16)10-3-2-4-11(15-10)13(17)18/h2-4,6-7H,5H2,1H3,(H,14,16)(H,17,18). The fraction of sp³-hybridized carbons (Fsp3) is 0.154. The van der Waals surface area contributed by atoms with Gasteiger partial charge in [0.1, 0.15) is 11.4 Å². The largest absolute Gasteiger partial charge is 0.477 e. The molecule has 5 nitrogen and oxygen atoms in total. The number of nitrogens with zero attached hydrogens (tertiary/aromatic N) is 1. The molecule has 0 aliphatic carbocycles. The van der Waals surface area contributed by atoms with E-state index in [4.69, 9.17) is 5.11 Å². The van der Waals surface area contributed by atoms with Crippen LogP contribution in [0.2, 0.25) is 0 Å². The number of hydrogen-bond acceptors (Lipinski definition) is 4. The van der Waals surface area contributed by atoms with Crippen molar-refractivity contribution in [3.05, 3.63) is 51.5 Å². The molecule has 0 spiro atoms. The highest BCUT2D eigenvalue weighted by Crippen LogP contribution is 2.13. The molecule has 2 aromatic heterocycles. The predicted octanol–water partition coefficient (Wildman–Crippen LogP) is 2.08. The number of aryl methyl sites for hydroxylation is 1. The summed E-state index contributed by atoms with van der Waals surface area (Å²) in [5.41, 5.74) is 2.14. The molecule has 0 unspecified atom stereocenters. The van der Waals surface area contributed by atoms with Crippen LogP contribution in [-0.4, -0.2) is 22.0 Å². The van der Waals surface area contributed by atoms with Gasteiger partial charge < -0.3 is 10.4 Å². The Bertz CT molecular complexity index is 622. The molecular formula is C13H12N2O3S. The van der Waals surface area contributed by atoms with E-state index in [9.17, 15) is 9.59 Å². The van der Waals surface area contributed by atoms with Gasteiger partial charge in [0.05, 0.1) is 0 Å². The first-order valence-corrected chi connectivity index (χ1v) is 6.52. The number of thiophene rings is 1. The third-order valence-corrected chi connectivity index (χ3v) is 3.51. The van der Waals surface area contributed by atoms with E-state index in [1.165, 1.54) is 18.2 Å². The summed E-state index contributed by atoms with van der Waals surface area (Å²) < 4.78 is 0. The van der Waals surface area contributed by atoms with Gasteiger partial charge in [-0.05, 0) is 40.9 Å². The van der Waals surface area contributed by atoms with Crippen molar-refractivity contribution in [3.63, 3.8) is 0 Å². The molecule has 0 radical (unpaired) electrons. The first kappa shape index (κ1) is 13.2. The average molecular weight is 276 g/mol. The summed E-state index contributed by atoms with van der Waals surface area (Å²) in [4.78, 5) is 26.4.